The van der Waals surface area contributed by atoms with E-state index >= 15 is 0 Å². The number of rotatable bonds is 8. The summed E-state index contributed by atoms with van der Waals surface area (Å²) in [5.74, 6) is -3.72. The quantitative estimate of drug-likeness (QED) is 0.197. The molecule has 0 spiro atoms. The minimum absolute atomic E-state index is 0.0399. The molecule has 33 heavy (non-hydrogen) atoms. The lowest BCUT2D eigenvalue weighted by molar-refractivity contribution is -0.395. The fraction of sp³-hybridized carbons (Fsp3) is 0.167. The number of allylic oxidation sites excluding steroid dienone is 1. The minimum atomic E-state index is -1.21. The average molecular weight is 462 g/mol. The van der Waals surface area contributed by atoms with Gasteiger partial charge in [0.2, 0.25) is 11.5 Å². The SMILES string of the molecule is COC(=O)c1nc(C(=O)C=Cc2c([N+](=O)[O-])c(O)cc(OC)c2[N+](=O)[O-])c([N+](=O)[O-])cc1C. The summed E-state index contributed by atoms with van der Waals surface area (Å²) < 4.78 is 9.29. The molecule has 0 fully saturated rings. The molecule has 0 saturated heterocycles. The first kappa shape index (κ1) is 24.3. The number of nitrogens with zero attached hydrogens (tertiary/aromatic N) is 4. The number of aryl methyl sites for hydroxylation is 1. The fourth-order valence-electron chi connectivity index (χ4n) is 2.80. The average Bonchev–Trinajstić information content (AvgIpc) is 2.75. The number of aromatic nitrogens is 1. The molecule has 2 rings (SSSR count). The monoisotopic (exact) mass is 462 g/mol. The van der Waals surface area contributed by atoms with E-state index in [2.05, 4.69) is 9.72 Å². The molecule has 0 amide bonds. The molecule has 0 radical (unpaired) electrons. The van der Waals surface area contributed by atoms with Crippen LogP contribution in [0.4, 0.5) is 17.1 Å². The molecule has 1 N–H and O–H groups in total. The van der Waals surface area contributed by atoms with Crippen molar-refractivity contribution in [2.75, 3.05) is 14.2 Å². The molecular weight excluding hydrogens is 448 g/mol. The zero-order chi connectivity index (χ0) is 25.0. The van der Waals surface area contributed by atoms with Gasteiger partial charge < -0.3 is 14.6 Å². The zero-order valence-electron chi connectivity index (χ0n) is 17.1. The number of benzene rings is 1. The van der Waals surface area contributed by atoms with Gasteiger partial charge in [-0.25, -0.2) is 9.78 Å². The van der Waals surface area contributed by atoms with Crippen LogP contribution in [0.15, 0.2) is 18.2 Å². The number of esters is 1. The first-order valence-electron chi connectivity index (χ1n) is 8.64. The number of ketones is 1. The zero-order valence-corrected chi connectivity index (χ0v) is 17.1. The summed E-state index contributed by atoms with van der Waals surface area (Å²) in [6.45, 7) is 1.32. The third-order valence-corrected chi connectivity index (χ3v) is 4.24. The lowest BCUT2D eigenvalue weighted by Gasteiger charge is -2.07. The first-order chi connectivity index (χ1) is 15.4. The van der Waals surface area contributed by atoms with Crippen molar-refractivity contribution in [1.29, 1.82) is 0 Å². The lowest BCUT2D eigenvalue weighted by Crippen LogP contribution is -2.13. The van der Waals surface area contributed by atoms with Gasteiger partial charge in [-0.05, 0) is 24.6 Å². The van der Waals surface area contributed by atoms with E-state index in [4.69, 9.17) is 4.74 Å². The van der Waals surface area contributed by atoms with E-state index in [0.29, 0.717) is 18.2 Å². The van der Waals surface area contributed by atoms with E-state index in [1.54, 1.807) is 0 Å². The number of ether oxygens (including phenoxy) is 2. The maximum atomic E-state index is 12.7. The molecule has 0 aliphatic rings. The number of phenolic OH excluding ortho intramolecular Hbond substituents is 1. The number of nitro benzene ring substituents is 2. The Labute approximate surface area is 183 Å². The molecule has 0 atom stereocenters. The molecule has 2 aromatic rings. The third kappa shape index (κ3) is 4.71. The fourth-order valence-corrected chi connectivity index (χ4v) is 2.80. The predicted molar refractivity (Wildman–Crippen MR) is 108 cm³/mol. The molecule has 0 aliphatic carbocycles. The van der Waals surface area contributed by atoms with Crippen molar-refractivity contribution in [3.05, 3.63) is 71.1 Å². The van der Waals surface area contributed by atoms with Gasteiger partial charge in [0, 0.05) is 12.1 Å². The Kier molecular flexibility index (Phi) is 6.97. The van der Waals surface area contributed by atoms with Gasteiger partial charge in [0.25, 0.3) is 5.69 Å². The van der Waals surface area contributed by atoms with Crippen molar-refractivity contribution < 1.29 is 38.9 Å². The van der Waals surface area contributed by atoms with Crippen molar-refractivity contribution in [3.8, 4) is 11.5 Å². The minimum Gasteiger partial charge on any atom is -0.502 e. The number of aromatic hydroxyl groups is 1. The largest absolute Gasteiger partial charge is 0.502 e. The van der Waals surface area contributed by atoms with Crippen molar-refractivity contribution in [1.82, 2.24) is 4.98 Å². The van der Waals surface area contributed by atoms with E-state index in [1.807, 2.05) is 0 Å². The summed E-state index contributed by atoms with van der Waals surface area (Å²) in [5, 5.41) is 44.1. The summed E-state index contributed by atoms with van der Waals surface area (Å²) in [5.41, 5.74) is -4.81. The van der Waals surface area contributed by atoms with Gasteiger partial charge in [0.1, 0.15) is 5.56 Å². The Bertz CT molecular complexity index is 1240. The van der Waals surface area contributed by atoms with Crippen LogP contribution in [0.3, 0.4) is 0 Å². The van der Waals surface area contributed by atoms with E-state index in [1.165, 1.54) is 6.92 Å². The van der Waals surface area contributed by atoms with Gasteiger partial charge in [-0.1, -0.05) is 0 Å². The second-order valence-electron chi connectivity index (χ2n) is 6.19. The highest BCUT2D eigenvalue weighted by molar-refractivity contribution is 6.09. The molecule has 15 heteroatoms. The van der Waals surface area contributed by atoms with Crippen LogP contribution < -0.4 is 4.74 Å². The van der Waals surface area contributed by atoms with Gasteiger partial charge >= 0.3 is 17.3 Å². The Balaban J connectivity index is 2.75. The molecule has 0 saturated carbocycles. The molecule has 0 unspecified atom stereocenters. The Hall–Kier alpha value is -4.95. The van der Waals surface area contributed by atoms with E-state index in [9.17, 15) is 45.0 Å². The van der Waals surface area contributed by atoms with Crippen LogP contribution in [-0.4, -0.2) is 50.8 Å². The first-order valence-corrected chi connectivity index (χ1v) is 8.64. The molecule has 172 valence electrons. The van der Waals surface area contributed by atoms with E-state index in [-0.39, 0.29) is 5.56 Å². The van der Waals surface area contributed by atoms with Gasteiger partial charge in [-0.3, -0.25) is 35.1 Å². The van der Waals surface area contributed by atoms with Gasteiger partial charge in [-0.15, -0.1) is 0 Å². The maximum Gasteiger partial charge on any atom is 0.356 e. The Morgan fingerprint density at radius 1 is 1.00 bits per heavy atom. The summed E-state index contributed by atoms with van der Waals surface area (Å²) in [6.07, 6.45) is 1.16. The number of carbonyl (C=O) groups excluding carboxylic acids is 2. The van der Waals surface area contributed by atoms with Crippen molar-refractivity contribution in [2.24, 2.45) is 0 Å². The topological polar surface area (TPSA) is 215 Å². The van der Waals surface area contributed by atoms with E-state index < -0.39 is 72.0 Å². The number of methoxy groups -OCH3 is 2. The van der Waals surface area contributed by atoms with Crippen LogP contribution in [0.2, 0.25) is 0 Å². The second kappa shape index (κ2) is 9.46. The molecule has 0 aliphatic heterocycles. The molecule has 0 bridgehead atoms. The normalized spacial score (nSPS) is 10.6. The van der Waals surface area contributed by atoms with Crippen molar-refractivity contribution in [3.63, 3.8) is 0 Å². The summed E-state index contributed by atoms with van der Waals surface area (Å²) in [4.78, 5) is 59.3. The Morgan fingerprint density at radius 3 is 2.09 bits per heavy atom. The number of carbonyl (C=O) groups is 2. The van der Waals surface area contributed by atoms with Crippen LogP contribution in [0, 0.1) is 37.3 Å². The summed E-state index contributed by atoms with van der Waals surface area (Å²) >= 11 is 0. The van der Waals surface area contributed by atoms with Gasteiger partial charge in [-0.2, -0.15) is 0 Å². The number of phenols is 1. The number of hydrogen-bond donors (Lipinski definition) is 1. The number of hydrogen-bond acceptors (Lipinski definition) is 12. The highest BCUT2D eigenvalue weighted by Crippen LogP contribution is 2.44. The van der Waals surface area contributed by atoms with Crippen molar-refractivity contribution in [2.45, 2.75) is 6.92 Å². The van der Waals surface area contributed by atoms with Gasteiger partial charge in [0.05, 0.1) is 29.0 Å². The maximum absolute atomic E-state index is 12.7. The van der Waals surface area contributed by atoms with Crippen LogP contribution in [0.25, 0.3) is 6.08 Å². The second-order valence-corrected chi connectivity index (χ2v) is 6.19. The van der Waals surface area contributed by atoms with Crippen LogP contribution >= 0.6 is 0 Å². The van der Waals surface area contributed by atoms with E-state index in [0.717, 1.165) is 20.3 Å². The number of pyridine rings is 1. The highest BCUT2D eigenvalue weighted by atomic mass is 16.6. The molecule has 15 nitrogen and oxygen atoms in total. The van der Waals surface area contributed by atoms with Crippen molar-refractivity contribution >= 4 is 34.9 Å². The predicted octanol–water partition coefficient (Wildman–Crippen LogP) is 2.51. The lowest BCUT2D eigenvalue weighted by atomic mass is 10.1. The summed E-state index contributed by atoms with van der Waals surface area (Å²) in [6, 6.07) is 1.56. The van der Waals surface area contributed by atoms with Crippen LogP contribution in [-0.2, 0) is 4.74 Å². The van der Waals surface area contributed by atoms with Crippen LogP contribution in [0.1, 0.15) is 32.1 Å². The molecule has 1 heterocycles. The number of nitro groups is 3. The highest BCUT2D eigenvalue weighted by Gasteiger charge is 2.33. The van der Waals surface area contributed by atoms with Crippen LogP contribution in [0.5, 0.6) is 11.5 Å². The smallest absolute Gasteiger partial charge is 0.356 e. The Morgan fingerprint density at radius 2 is 1.61 bits per heavy atom. The molecule has 1 aromatic heterocycles. The molecule has 1 aromatic carbocycles. The molecular formula is C18H14N4O11. The van der Waals surface area contributed by atoms with Gasteiger partial charge in [0.15, 0.2) is 17.1 Å². The standard InChI is InChI=1S/C18H14N4O11/c1-8-6-10(20(26)27)15(19-14(8)18(25)33-3)11(23)5-4-9-16(21(28)29)12(24)7-13(32-2)17(9)22(30)31/h4-7,24H,1-3H3. The summed E-state index contributed by atoms with van der Waals surface area (Å²) in [7, 11) is 2.04. The third-order valence-electron chi connectivity index (χ3n) is 4.24.